The van der Waals surface area contributed by atoms with Gasteiger partial charge in [0.05, 0.1) is 12.2 Å². The molecule has 3 rings (SSSR count). The van der Waals surface area contributed by atoms with Crippen LogP contribution in [0.2, 0.25) is 0 Å². The molecule has 28 heavy (non-hydrogen) atoms. The van der Waals surface area contributed by atoms with Gasteiger partial charge in [-0.3, -0.25) is 9.59 Å². The van der Waals surface area contributed by atoms with Gasteiger partial charge in [-0.25, -0.2) is 0 Å². The van der Waals surface area contributed by atoms with Crippen molar-refractivity contribution in [2.45, 2.75) is 71.4 Å². The van der Waals surface area contributed by atoms with Crippen molar-refractivity contribution in [1.29, 1.82) is 0 Å². The predicted molar refractivity (Wildman–Crippen MR) is 105 cm³/mol. The zero-order valence-electron chi connectivity index (χ0n) is 17.2. The highest BCUT2D eigenvalue weighted by Gasteiger charge is 2.39. The van der Waals surface area contributed by atoms with E-state index in [1.807, 2.05) is 36.7 Å². The fourth-order valence-corrected chi connectivity index (χ4v) is 4.21. The second kappa shape index (κ2) is 9.56. The summed E-state index contributed by atoms with van der Waals surface area (Å²) in [6.45, 7) is 7.49. The number of nitrogens with zero attached hydrogens (tertiary/aromatic N) is 2. The third kappa shape index (κ3) is 4.75. The molecule has 0 unspecified atom stereocenters. The van der Waals surface area contributed by atoms with Crippen molar-refractivity contribution in [2.24, 2.45) is 5.92 Å². The highest BCUT2D eigenvalue weighted by Crippen LogP contribution is 2.29. The molecule has 1 atom stereocenters. The Morgan fingerprint density at radius 2 is 1.89 bits per heavy atom. The molecule has 0 aromatic carbocycles. The summed E-state index contributed by atoms with van der Waals surface area (Å²) in [5, 5.41) is 3.20. The molecule has 1 aromatic rings. The maximum absolute atomic E-state index is 13.3. The number of ether oxygens (including phenoxy) is 2. The molecule has 156 valence electrons. The van der Waals surface area contributed by atoms with Crippen LogP contribution in [0.25, 0.3) is 0 Å². The van der Waals surface area contributed by atoms with E-state index < -0.39 is 12.3 Å². The summed E-state index contributed by atoms with van der Waals surface area (Å²) >= 11 is 0. The van der Waals surface area contributed by atoms with E-state index in [4.69, 9.17) is 9.47 Å². The van der Waals surface area contributed by atoms with Gasteiger partial charge in [-0.1, -0.05) is 6.92 Å². The van der Waals surface area contributed by atoms with E-state index in [-0.39, 0.29) is 30.9 Å². The second-order valence-corrected chi connectivity index (χ2v) is 7.82. The van der Waals surface area contributed by atoms with E-state index in [2.05, 4.69) is 12.2 Å². The van der Waals surface area contributed by atoms with Crippen LogP contribution in [0.5, 0.6) is 0 Å². The first kappa shape index (κ1) is 20.9. The lowest BCUT2D eigenvalue weighted by Gasteiger charge is -2.38. The van der Waals surface area contributed by atoms with Crippen LogP contribution in [0.15, 0.2) is 18.3 Å². The zero-order chi connectivity index (χ0) is 20.1. The molecular formula is C21H33N3O4. The first-order chi connectivity index (χ1) is 13.5. The van der Waals surface area contributed by atoms with E-state index in [1.54, 1.807) is 4.90 Å². The highest BCUT2D eigenvalue weighted by molar-refractivity contribution is 5.90. The average Bonchev–Trinajstić information content (AvgIpc) is 3.12. The number of hydrogen-bond donors (Lipinski definition) is 1. The Kier molecular flexibility index (Phi) is 7.13. The van der Waals surface area contributed by atoms with Crippen LogP contribution in [0.1, 0.15) is 58.2 Å². The molecule has 1 saturated carbocycles. The minimum absolute atomic E-state index is 0.0921. The number of rotatable bonds is 8. The number of carbonyl (C=O) groups excluding carboxylic acids is 2. The van der Waals surface area contributed by atoms with Gasteiger partial charge in [0, 0.05) is 25.5 Å². The smallest absolute Gasteiger partial charge is 0.249 e. The van der Waals surface area contributed by atoms with Gasteiger partial charge in [-0.15, -0.1) is 0 Å². The lowest BCUT2D eigenvalue weighted by atomic mass is 9.87. The van der Waals surface area contributed by atoms with Gasteiger partial charge in [0.1, 0.15) is 6.54 Å². The molecule has 7 heteroatoms. The molecule has 1 aliphatic heterocycles. The van der Waals surface area contributed by atoms with Gasteiger partial charge in [-0.05, 0) is 57.6 Å². The largest absolute Gasteiger partial charge is 0.351 e. The molecule has 2 aliphatic rings. The van der Waals surface area contributed by atoms with Gasteiger partial charge in [0.25, 0.3) is 0 Å². The van der Waals surface area contributed by atoms with E-state index in [0.717, 1.165) is 37.3 Å². The van der Waals surface area contributed by atoms with Crippen LogP contribution in [0, 0.1) is 5.92 Å². The topological polar surface area (TPSA) is 72.8 Å². The second-order valence-electron chi connectivity index (χ2n) is 7.82. The van der Waals surface area contributed by atoms with Gasteiger partial charge in [-0.2, -0.15) is 0 Å². The van der Waals surface area contributed by atoms with Crippen LogP contribution in [0.3, 0.4) is 0 Å². The summed E-state index contributed by atoms with van der Waals surface area (Å²) in [5.74, 6) is 0.515. The Hall–Kier alpha value is -1.86. The van der Waals surface area contributed by atoms with Crippen molar-refractivity contribution >= 4 is 11.8 Å². The fourth-order valence-electron chi connectivity index (χ4n) is 4.21. The van der Waals surface area contributed by atoms with Crippen molar-refractivity contribution < 1.29 is 19.1 Å². The number of hydrogen-bond acceptors (Lipinski definition) is 4. The Balaban J connectivity index is 1.78. The third-order valence-electron chi connectivity index (χ3n) is 5.74. The number of nitrogens with one attached hydrogen (secondary N) is 1. The van der Waals surface area contributed by atoms with Crippen LogP contribution in [-0.4, -0.2) is 53.4 Å². The molecule has 0 bridgehead atoms. The van der Waals surface area contributed by atoms with Crippen molar-refractivity contribution in [3.05, 3.63) is 24.0 Å². The Morgan fingerprint density at radius 3 is 2.54 bits per heavy atom. The van der Waals surface area contributed by atoms with Gasteiger partial charge >= 0.3 is 0 Å². The summed E-state index contributed by atoms with van der Waals surface area (Å²) in [5.41, 5.74) is 0.841. The normalized spacial score (nSPS) is 25.1. The number of amides is 2. The van der Waals surface area contributed by atoms with Crippen molar-refractivity contribution in [2.75, 3.05) is 19.8 Å². The first-order valence-corrected chi connectivity index (χ1v) is 10.5. The summed E-state index contributed by atoms with van der Waals surface area (Å²) in [4.78, 5) is 27.7. The summed E-state index contributed by atoms with van der Waals surface area (Å²) in [6.07, 6.45) is 5.57. The Bertz CT molecular complexity index is 660. The fraction of sp³-hybridized carbons (Fsp3) is 0.714. The molecule has 1 aromatic heterocycles. The van der Waals surface area contributed by atoms with Crippen LogP contribution < -0.4 is 5.32 Å². The maximum Gasteiger partial charge on any atom is 0.249 e. The predicted octanol–water partition coefficient (Wildman–Crippen LogP) is 2.47. The molecule has 7 nitrogen and oxygen atoms in total. The van der Waals surface area contributed by atoms with Crippen LogP contribution in [0.4, 0.5) is 0 Å². The van der Waals surface area contributed by atoms with E-state index >= 15 is 0 Å². The van der Waals surface area contributed by atoms with Crippen molar-refractivity contribution in [3.63, 3.8) is 0 Å². The molecule has 2 amide bonds. The molecule has 0 saturated heterocycles. The monoisotopic (exact) mass is 391 g/mol. The zero-order valence-corrected chi connectivity index (χ0v) is 17.2. The lowest BCUT2D eigenvalue weighted by molar-refractivity contribution is -0.168. The number of fused-ring (bicyclic) bond motifs is 1. The quantitative estimate of drug-likeness (QED) is 0.691. The number of aromatic nitrogens is 1. The van der Waals surface area contributed by atoms with Crippen molar-refractivity contribution in [1.82, 2.24) is 14.8 Å². The van der Waals surface area contributed by atoms with E-state index in [0.29, 0.717) is 13.2 Å². The van der Waals surface area contributed by atoms with Gasteiger partial charge in [0.2, 0.25) is 11.8 Å². The minimum atomic E-state index is -0.654. The van der Waals surface area contributed by atoms with Gasteiger partial charge in [0.15, 0.2) is 12.3 Å². The Morgan fingerprint density at radius 1 is 1.21 bits per heavy atom. The van der Waals surface area contributed by atoms with E-state index in [1.165, 1.54) is 0 Å². The lowest BCUT2D eigenvalue weighted by Crippen LogP contribution is -2.53. The van der Waals surface area contributed by atoms with E-state index in [9.17, 15) is 9.59 Å². The van der Waals surface area contributed by atoms with Gasteiger partial charge < -0.3 is 24.3 Å². The summed E-state index contributed by atoms with van der Waals surface area (Å²) < 4.78 is 13.1. The Labute approximate surface area is 167 Å². The molecule has 1 fully saturated rings. The maximum atomic E-state index is 13.3. The summed E-state index contributed by atoms with van der Waals surface area (Å²) in [6, 6.07) is 3.33. The van der Waals surface area contributed by atoms with Crippen molar-refractivity contribution in [3.8, 4) is 0 Å². The molecule has 2 heterocycles. The molecule has 0 spiro atoms. The SMILES string of the molecule is CCOC(CN1C(=O)Cn2cccc2[C@@H]1C(=O)NC1CCC(C)CC1)OCC. The molecule has 1 aliphatic carbocycles. The molecule has 1 N–H and O–H groups in total. The van der Waals surface area contributed by atoms with Crippen LogP contribution >= 0.6 is 0 Å². The standard InChI is InChI=1S/C21H33N3O4/c1-4-27-19(28-5-2)14-24-18(25)13-23-12-6-7-17(23)20(24)21(26)22-16-10-8-15(3)9-11-16/h6-7,12,15-16,19-20H,4-5,8-11,13-14H2,1-3H3,(H,22,26)/t15?,16?,20-/m1/s1. The first-order valence-electron chi connectivity index (χ1n) is 10.5. The molecular weight excluding hydrogens is 358 g/mol. The highest BCUT2D eigenvalue weighted by atomic mass is 16.7. The molecule has 0 radical (unpaired) electrons. The minimum Gasteiger partial charge on any atom is -0.351 e. The third-order valence-corrected chi connectivity index (χ3v) is 5.74. The van der Waals surface area contributed by atoms with Crippen LogP contribution in [-0.2, 0) is 25.6 Å². The average molecular weight is 392 g/mol. The number of carbonyl (C=O) groups is 2. The summed E-state index contributed by atoms with van der Waals surface area (Å²) in [7, 11) is 0.